The molecular weight excluding hydrogens is 375 g/mol. The number of hydrogen-bond donors (Lipinski definition) is 0. The lowest BCUT2D eigenvalue weighted by atomic mass is 10.1. The van der Waals surface area contributed by atoms with Crippen molar-refractivity contribution in [2.75, 3.05) is 18.0 Å². The fourth-order valence-electron chi connectivity index (χ4n) is 3.09. The van der Waals surface area contributed by atoms with Crippen LogP contribution in [-0.4, -0.2) is 24.0 Å². The maximum absolute atomic E-state index is 13.8. The lowest BCUT2D eigenvalue weighted by molar-refractivity contribution is -0.384. The zero-order valence-corrected chi connectivity index (χ0v) is 15.2. The van der Waals surface area contributed by atoms with Gasteiger partial charge in [0.2, 0.25) is 0 Å². The summed E-state index contributed by atoms with van der Waals surface area (Å²) in [4.78, 5) is 25.2. The Balaban J connectivity index is 1.78. The molecule has 1 aliphatic rings. The molecule has 1 aliphatic heterocycles. The molecule has 6 nitrogen and oxygen atoms in total. The van der Waals surface area contributed by atoms with Gasteiger partial charge in [-0.15, -0.1) is 0 Å². The van der Waals surface area contributed by atoms with Crippen LogP contribution >= 0.6 is 11.6 Å². The van der Waals surface area contributed by atoms with Crippen LogP contribution in [0.5, 0.6) is 0 Å². The first-order valence-corrected chi connectivity index (χ1v) is 8.98. The predicted octanol–water partition coefficient (Wildman–Crippen LogP) is 4.73. The summed E-state index contributed by atoms with van der Waals surface area (Å²) in [6, 6.07) is 8.42. The second kappa shape index (κ2) is 8.35. The minimum absolute atomic E-state index is 0.0370. The third kappa shape index (κ3) is 4.36. The number of nitrogens with zero attached hydrogens (tertiary/aromatic N) is 2. The fourth-order valence-corrected chi connectivity index (χ4v) is 3.31. The number of nitro benzene ring substituents is 1. The van der Waals surface area contributed by atoms with Gasteiger partial charge >= 0.3 is 5.97 Å². The van der Waals surface area contributed by atoms with Crippen LogP contribution in [0.15, 0.2) is 36.4 Å². The second-order valence-corrected chi connectivity index (χ2v) is 6.69. The quantitative estimate of drug-likeness (QED) is 0.417. The Morgan fingerprint density at radius 2 is 1.96 bits per heavy atom. The summed E-state index contributed by atoms with van der Waals surface area (Å²) in [7, 11) is 0. The number of anilines is 1. The number of carbonyl (C=O) groups excluding carboxylic acids is 1. The molecular formula is C19H18ClFN2O4. The molecule has 142 valence electrons. The summed E-state index contributed by atoms with van der Waals surface area (Å²) >= 11 is 5.91. The van der Waals surface area contributed by atoms with E-state index in [0.29, 0.717) is 5.69 Å². The van der Waals surface area contributed by atoms with E-state index in [2.05, 4.69) is 0 Å². The molecule has 0 atom stereocenters. The number of halogens is 2. The molecule has 0 aromatic heterocycles. The second-order valence-electron chi connectivity index (χ2n) is 6.28. The molecule has 0 amide bonds. The number of hydrogen-bond acceptors (Lipinski definition) is 5. The maximum atomic E-state index is 13.8. The highest BCUT2D eigenvalue weighted by atomic mass is 35.5. The van der Waals surface area contributed by atoms with E-state index in [1.54, 1.807) is 6.07 Å². The number of carbonyl (C=O) groups is 1. The molecule has 8 heteroatoms. The molecule has 1 heterocycles. The third-order valence-electron chi connectivity index (χ3n) is 4.51. The van der Waals surface area contributed by atoms with Gasteiger partial charge in [0.25, 0.3) is 5.69 Å². The van der Waals surface area contributed by atoms with Crippen molar-refractivity contribution in [3.63, 3.8) is 0 Å². The minimum atomic E-state index is -0.775. The van der Waals surface area contributed by atoms with E-state index < -0.39 is 16.7 Å². The normalized spacial score (nSPS) is 14.1. The maximum Gasteiger partial charge on any atom is 0.338 e. The van der Waals surface area contributed by atoms with Crippen LogP contribution < -0.4 is 4.90 Å². The monoisotopic (exact) mass is 392 g/mol. The van der Waals surface area contributed by atoms with Crippen molar-refractivity contribution in [1.29, 1.82) is 0 Å². The van der Waals surface area contributed by atoms with Crippen LogP contribution in [0.1, 0.15) is 35.2 Å². The summed E-state index contributed by atoms with van der Waals surface area (Å²) in [6.45, 7) is 1.14. The van der Waals surface area contributed by atoms with Crippen molar-refractivity contribution in [2.45, 2.75) is 25.9 Å². The lowest BCUT2D eigenvalue weighted by Gasteiger charge is -2.28. The van der Waals surface area contributed by atoms with E-state index in [0.717, 1.165) is 32.4 Å². The first-order chi connectivity index (χ1) is 13.0. The largest absolute Gasteiger partial charge is 0.457 e. The van der Waals surface area contributed by atoms with Gasteiger partial charge in [-0.3, -0.25) is 10.1 Å². The zero-order chi connectivity index (χ0) is 19.4. The highest BCUT2D eigenvalue weighted by molar-refractivity contribution is 6.31. The van der Waals surface area contributed by atoms with Crippen molar-refractivity contribution < 1.29 is 18.8 Å². The van der Waals surface area contributed by atoms with Gasteiger partial charge in [-0.2, -0.15) is 0 Å². The van der Waals surface area contributed by atoms with Crippen LogP contribution in [0.3, 0.4) is 0 Å². The van der Waals surface area contributed by atoms with Gasteiger partial charge in [-0.25, -0.2) is 9.18 Å². The molecule has 0 radical (unpaired) electrons. The number of esters is 1. The van der Waals surface area contributed by atoms with E-state index in [-0.39, 0.29) is 28.4 Å². The third-order valence-corrected chi connectivity index (χ3v) is 4.87. The van der Waals surface area contributed by atoms with E-state index in [1.165, 1.54) is 30.3 Å². The van der Waals surface area contributed by atoms with Crippen molar-refractivity contribution in [3.8, 4) is 0 Å². The Bertz CT molecular complexity index is 849. The Morgan fingerprint density at radius 1 is 1.22 bits per heavy atom. The standard InChI is InChI=1S/C19H18ClFN2O4/c20-15-5-4-6-16(21)14(15)12-27-19(24)13-7-8-17(18(11-13)23(25)26)22-9-2-1-3-10-22/h4-8,11H,1-3,9-10,12H2. The highest BCUT2D eigenvalue weighted by Crippen LogP contribution is 2.31. The minimum Gasteiger partial charge on any atom is -0.457 e. The van der Waals surface area contributed by atoms with Crippen molar-refractivity contribution in [3.05, 3.63) is 68.5 Å². The smallest absolute Gasteiger partial charge is 0.338 e. The van der Waals surface area contributed by atoms with Crippen molar-refractivity contribution in [2.24, 2.45) is 0 Å². The molecule has 1 saturated heterocycles. The van der Waals surface area contributed by atoms with Gasteiger partial charge in [-0.05, 0) is 43.5 Å². The van der Waals surface area contributed by atoms with Crippen LogP contribution in [-0.2, 0) is 11.3 Å². The predicted molar refractivity (Wildman–Crippen MR) is 99.7 cm³/mol. The molecule has 3 rings (SSSR count). The van der Waals surface area contributed by atoms with E-state index in [1.807, 2.05) is 4.90 Å². The van der Waals surface area contributed by atoms with Gasteiger partial charge in [0.1, 0.15) is 18.1 Å². The average Bonchev–Trinajstić information content (AvgIpc) is 2.67. The fraction of sp³-hybridized carbons (Fsp3) is 0.316. The molecule has 0 bridgehead atoms. The topological polar surface area (TPSA) is 72.7 Å². The number of rotatable bonds is 5. The Hall–Kier alpha value is -2.67. The highest BCUT2D eigenvalue weighted by Gasteiger charge is 2.23. The van der Waals surface area contributed by atoms with Crippen LogP contribution in [0, 0.1) is 15.9 Å². The SMILES string of the molecule is O=C(OCc1c(F)cccc1Cl)c1ccc(N2CCCCC2)c([N+](=O)[O-])c1. The Morgan fingerprint density at radius 3 is 2.63 bits per heavy atom. The molecule has 27 heavy (non-hydrogen) atoms. The molecule has 0 spiro atoms. The Kier molecular flexibility index (Phi) is 5.91. The molecule has 2 aromatic carbocycles. The zero-order valence-electron chi connectivity index (χ0n) is 14.5. The molecule has 0 aliphatic carbocycles. The molecule has 2 aromatic rings. The van der Waals surface area contributed by atoms with E-state index in [4.69, 9.17) is 16.3 Å². The lowest BCUT2D eigenvalue weighted by Crippen LogP contribution is -2.30. The van der Waals surface area contributed by atoms with Gasteiger partial charge in [0, 0.05) is 24.7 Å². The van der Waals surface area contributed by atoms with Gasteiger partial charge < -0.3 is 9.64 Å². The molecule has 1 fully saturated rings. The molecule has 0 saturated carbocycles. The first-order valence-electron chi connectivity index (χ1n) is 8.61. The molecule has 0 unspecified atom stereocenters. The summed E-state index contributed by atoms with van der Waals surface area (Å²) in [6.07, 6.45) is 3.06. The van der Waals surface area contributed by atoms with Crippen molar-refractivity contribution >= 4 is 28.9 Å². The number of benzene rings is 2. The first kappa shape index (κ1) is 19.1. The van der Waals surface area contributed by atoms with Gasteiger partial charge in [0.15, 0.2) is 0 Å². The van der Waals surface area contributed by atoms with Crippen molar-refractivity contribution in [1.82, 2.24) is 0 Å². The molecule has 0 N–H and O–H groups in total. The van der Waals surface area contributed by atoms with Crippen LogP contribution in [0.4, 0.5) is 15.8 Å². The number of piperidine rings is 1. The summed E-state index contributed by atoms with van der Waals surface area (Å²) in [5.41, 5.74) is 0.450. The van der Waals surface area contributed by atoms with Crippen LogP contribution in [0.25, 0.3) is 0 Å². The number of ether oxygens (including phenoxy) is 1. The summed E-state index contributed by atoms with van der Waals surface area (Å²) in [5.74, 6) is -1.36. The van der Waals surface area contributed by atoms with E-state index in [9.17, 15) is 19.3 Å². The summed E-state index contributed by atoms with van der Waals surface area (Å²) < 4.78 is 18.9. The van der Waals surface area contributed by atoms with E-state index >= 15 is 0 Å². The number of nitro groups is 1. The average molecular weight is 393 g/mol. The summed E-state index contributed by atoms with van der Waals surface area (Å²) in [5, 5.41) is 11.6. The van der Waals surface area contributed by atoms with Gasteiger partial charge in [0.05, 0.1) is 15.5 Å². The Labute approximate surface area is 160 Å². The van der Waals surface area contributed by atoms with Crippen LogP contribution in [0.2, 0.25) is 5.02 Å². The van der Waals surface area contributed by atoms with Gasteiger partial charge in [-0.1, -0.05) is 17.7 Å².